The molecule has 0 amide bonds. The molecule has 1 heterocycles. The number of anilines is 2. The molecule has 100 valence electrons. The molecule has 18 heavy (non-hydrogen) atoms. The summed E-state index contributed by atoms with van der Waals surface area (Å²) in [6.45, 7) is 6.50. The number of hydrogen-bond donors (Lipinski definition) is 2. The molecule has 1 aromatic rings. The molecule has 1 aromatic heterocycles. The lowest BCUT2D eigenvalue weighted by atomic mass is 9.78. The summed E-state index contributed by atoms with van der Waals surface area (Å²) in [6, 6.07) is 2.35. The van der Waals surface area contributed by atoms with E-state index in [0.717, 1.165) is 17.6 Å². The van der Waals surface area contributed by atoms with Gasteiger partial charge in [-0.25, -0.2) is 9.97 Å². The van der Waals surface area contributed by atoms with Crippen molar-refractivity contribution in [2.75, 3.05) is 11.1 Å². The Morgan fingerprint density at radius 1 is 1.28 bits per heavy atom. The van der Waals surface area contributed by atoms with E-state index in [0.29, 0.717) is 17.8 Å². The number of nitrogens with two attached hydrogens (primary N) is 1. The Labute approximate surface area is 109 Å². The predicted molar refractivity (Wildman–Crippen MR) is 75.4 cm³/mol. The van der Waals surface area contributed by atoms with E-state index in [4.69, 9.17) is 5.73 Å². The molecular formula is C14H24N4. The first-order valence-electron chi connectivity index (χ1n) is 6.94. The van der Waals surface area contributed by atoms with Crippen LogP contribution >= 0.6 is 0 Å². The number of nitrogens with zero attached hydrogens (tertiary/aromatic N) is 2. The highest BCUT2D eigenvalue weighted by molar-refractivity contribution is 5.45. The van der Waals surface area contributed by atoms with Crippen LogP contribution in [-0.2, 0) is 0 Å². The molecule has 1 saturated carbocycles. The van der Waals surface area contributed by atoms with Gasteiger partial charge in [-0.2, -0.15) is 0 Å². The first-order chi connectivity index (χ1) is 8.56. The highest BCUT2D eigenvalue weighted by Gasteiger charge is 2.27. The maximum absolute atomic E-state index is 5.77. The zero-order chi connectivity index (χ0) is 13.1. The van der Waals surface area contributed by atoms with Crippen molar-refractivity contribution in [1.29, 1.82) is 0 Å². The maximum Gasteiger partial charge on any atom is 0.132 e. The summed E-state index contributed by atoms with van der Waals surface area (Å²) < 4.78 is 0. The number of nitrogen functional groups attached to an aromatic ring is 1. The van der Waals surface area contributed by atoms with Crippen molar-refractivity contribution in [3.63, 3.8) is 0 Å². The van der Waals surface area contributed by atoms with Gasteiger partial charge in [0.05, 0.1) is 0 Å². The van der Waals surface area contributed by atoms with Crippen LogP contribution in [0, 0.1) is 18.8 Å². The highest BCUT2D eigenvalue weighted by Crippen LogP contribution is 2.32. The van der Waals surface area contributed by atoms with E-state index in [2.05, 4.69) is 29.1 Å². The second kappa shape index (κ2) is 5.55. The van der Waals surface area contributed by atoms with Gasteiger partial charge in [-0.1, -0.05) is 26.7 Å². The van der Waals surface area contributed by atoms with Gasteiger partial charge in [0.25, 0.3) is 0 Å². The van der Waals surface area contributed by atoms with E-state index >= 15 is 0 Å². The lowest BCUT2D eigenvalue weighted by Gasteiger charge is -2.35. The molecular weight excluding hydrogens is 224 g/mol. The summed E-state index contributed by atoms with van der Waals surface area (Å²) in [5.41, 5.74) is 5.77. The van der Waals surface area contributed by atoms with Crippen molar-refractivity contribution in [2.24, 2.45) is 11.8 Å². The normalized spacial score (nSPS) is 24.2. The largest absolute Gasteiger partial charge is 0.384 e. The molecule has 3 N–H and O–H groups in total. The van der Waals surface area contributed by atoms with E-state index < -0.39 is 0 Å². The molecule has 0 bridgehead atoms. The summed E-state index contributed by atoms with van der Waals surface area (Å²) in [5, 5.41) is 3.56. The highest BCUT2D eigenvalue weighted by atomic mass is 15.1. The van der Waals surface area contributed by atoms with Crippen molar-refractivity contribution in [3.05, 3.63) is 11.9 Å². The molecule has 1 aliphatic rings. The third-order valence-electron chi connectivity index (χ3n) is 3.87. The molecule has 1 fully saturated rings. The number of aromatic nitrogens is 2. The summed E-state index contributed by atoms with van der Waals surface area (Å²) in [5.74, 6) is 3.59. The summed E-state index contributed by atoms with van der Waals surface area (Å²) in [6.07, 6.45) is 5.20. The van der Waals surface area contributed by atoms with Gasteiger partial charge in [0.2, 0.25) is 0 Å². The Morgan fingerprint density at radius 2 is 2.00 bits per heavy atom. The van der Waals surface area contributed by atoms with Crippen molar-refractivity contribution in [2.45, 2.75) is 52.5 Å². The van der Waals surface area contributed by atoms with Crippen LogP contribution in [0.25, 0.3) is 0 Å². The van der Waals surface area contributed by atoms with Crippen molar-refractivity contribution < 1.29 is 0 Å². The van der Waals surface area contributed by atoms with E-state index in [1.807, 2.05) is 13.0 Å². The van der Waals surface area contributed by atoms with Crippen LogP contribution in [0.2, 0.25) is 0 Å². The fourth-order valence-electron chi connectivity index (χ4n) is 2.99. The lowest BCUT2D eigenvalue weighted by molar-refractivity contribution is 0.253. The quantitative estimate of drug-likeness (QED) is 0.863. The first kappa shape index (κ1) is 13.1. The second-order valence-corrected chi connectivity index (χ2v) is 5.67. The van der Waals surface area contributed by atoms with Crippen LogP contribution in [0.5, 0.6) is 0 Å². The van der Waals surface area contributed by atoms with E-state index in [-0.39, 0.29) is 0 Å². The van der Waals surface area contributed by atoms with Crippen LogP contribution in [0.3, 0.4) is 0 Å². The van der Waals surface area contributed by atoms with E-state index in [1.165, 1.54) is 25.7 Å². The maximum atomic E-state index is 5.77. The Bertz CT molecular complexity index is 383. The summed E-state index contributed by atoms with van der Waals surface area (Å²) >= 11 is 0. The van der Waals surface area contributed by atoms with Gasteiger partial charge in [0.1, 0.15) is 17.5 Å². The zero-order valence-corrected chi connectivity index (χ0v) is 11.6. The van der Waals surface area contributed by atoms with Crippen LogP contribution in [0.15, 0.2) is 6.07 Å². The van der Waals surface area contributed by atoms with Gasteiger partial charge in [0, 0.05) is 12.1 Å². The minimum Gasteiger partial charge on any atom is -0.384 e. The third-order valence-corrected chi connectivity index (χ3v) is 3.87. The van der Waals surface area contributed by atoms with Crippen LogP contribution in [0.1, 0.15) is 45.4 Å². The molecule has 2 atom stereocenters. The minimum absolute atomic E-state index is 0.521. The molecule has 4 heteroatoms. The van der Waals surface area contributed by atoms with Crippen LogP contribution in [0.4, 0.5) is 11.6 Å². The molecule has 4 nitrogen and oxygen atoms in total. The summed E-state index contributed by atoms with van der Waals surface area (Å²) in [4.78, 5) is 8.53. The number of nitrogens with one attached hydrogen (secondary N) is 1. The van der Waals surface area contributed by atoms with Gasteiger partial charge >= 0.3 is 0 Å². The second-order valence-electron chi connectivity index (χ2n) is 5.67. The zero-order valence-electron chi connectivity index (χ0n) is 11.6. The Hall–Kier alpha value is -1.32. The average molecular weight is 248 g/mol. The molecule has 0 aliphatic heterocycles. The molecule has 0 radical (unpaired) electrons. The molecule has 0 spiro atoms. The molecule has 1 aliphatic carbocycles. The molecule has 2 rings (SSSR count). The average Bonchev–Trinajstić information content (AvgIpc) is 2.27. The van der Waals surface area contributed by atoms with Crippen LogP contribution < -0.4 is 11.1 Å². The number of hydrogen-bond acceptors (Lipinski definition) is 4. The Balaban J connectivity index is 2.10. The molecule has 0 aromatic carbocycles. The number of rotatable bonds is 3. The monoisotopic (exact) mass is 248 g/mol. The topological polar surface area (TPSA) is 63.8 Å². The first-order valence-corrected chi connectivity index (χ1v) is 6.94. The fraction of sp³-hybridized carbons (Fsp3) is 0.714. The van der Waals surface area contributed by atoms with Crippen LogP contribution in [-0.4, -0.2) is 16.0 Å². The van der Waals surface area contributed by atoms with Gasteiger partial charge in [0.15, 0.2) is 0 Å². The smallest absolute Gasteiger partial charge is 0.132 e. The Morgan fingerprint density at radius 3 is 2.67 bits per heavy atom. The van der Waals surface area contributed by atoms with Crippen molar-refractivity contribution >= 4 is 11.6 Å². The van der Waals surface area contributed by atoms with Gasteiger partial charge in [-0.3, -0.25) is 0 Å². The predicted octanol–water partition coefficient (Wildman–Crippen LogP) is 2.99. The Kier molecular flexibility index (Phi) is 4.04. The third kappa shape index (κ3) is 3.12. The summed E-state index contributed by atoms with van der Waals surface area (Å²) in [7, 11) is 0. The molecule has 2 unspecified atom stereocenters. The lowest BCUT2D eigenvalue weighted by Crippen LogP contribution is -2.35. The van der Waals surface area contributed by atoms with Gasteiger partial charge < -0.3 is 11.1 Å². The standard InChI is InChI=1S/C14H24N4/c1-9(2)11-6-4-5-7-12(11)18-14-8-13(15)16-10(3)17-14/h8-9,11-12H,4-7H2,1-3H3,(H3,15,16,17,18). The SMILES string of the molecule is Cc1nc(N)cc(NC2CCCCC2C(C)C)n1. The van der Waals surface area contributed by atoms with Crippen molar-refractivity contribution in [1.82, 2.24) is 9.97 Å². The number of aryl methyl sites for hydroxylation is 1. The van der Waals surface area contributed by atoms with Crippen molar-refractivity contribution in [3.8, 4) is 0 Å². The van der Waals surface area contributed by atoms with Gasteiger partial charge in [-0.05, 0) is 31.6 Å². The molecule has 0 saturated heterocycles. The van der Waals surface area contributed by atoms with Gasteiger partial charge in [-0.15, -0.1) is 0 Å². The van der Waals surface area contributed by atoms with E-state index in [9.17, 15) is 0 Å². The fourth-order valence-corrected chi connectivity index (χ4v) is 2.99. The minimum atomic E-state index is 0.521. The van der Waals surface area contributed by atoms with E-state index in [1.54, 1.807) is 0 Å².